The van der Waals surface area contributed by atoms with Crippen molar-refractivity contribution in [3.8, 4) is 22.6 Å². The molecule has 0 aliphatic carbocycles. The number of nitrogens with zero attached hydrogens (tertiary/aromatic N) is 5. The Morgan fingerprint density at radius 1 is 1.41 bits per heavy atom. The van der Waals surface area contributed by atoms with Crippen LogP contribution in [-0.4, -0.2) is 58.6 Å². The Morgan fingerprint density at radius 3 is 2.91 bits per heavy atom. The summed E-state index contributed by atoms with van der Waals surface area (Å²) in [5, 5.41) is 23.6. The monoisotopic (exact) mass is 450 g/mol. The molecule has 0 saturated carbocycles. The lowest BCUT2D eigenvalue weighted by Crippen LogP contribution is -2.53. The summed E-state index contributed by atoms with van der Waals surface area (Å²) in [5.41, 5.74) is 4.74. The van der Waals surface area contributed by atoms with E-state index in [1.54, 1.807) is 11.8 Å². The van der Waals surface area contributed by atoms with Gasteiger partial charge in [0.05, 0.1) is 17.5 Å². The van der Waals surface area contributed by atoms with Crippen molar-refractivity contribution >= 4 is 23.6 Å². The second kappa shape index (κ2) is 8.08. The summed E-state index contributed by atoms with van der Waals surface area (Å²) >= 11 is 1.60. The number of hydrogen-bond donors (Lipinski definition) is 3. The van der Waals surface area contributed by atoms with E-state index < -0.39 is 5.97 Å². The molecule has 0 spiro atoms. The number of amides is 1. The molecule has 162 valence electrons. The fraction of sp³-hybridized carbons (Fsp3) is 0.238. The normalized spacial score (nSPS) is 18.2. The Kier molecular flexibility index (Phi) is 5.10. The van der Waals surface area contributed by atoms with E-state index in [2.05, 4.69) is 25.6 Å². The molecule has 2 aliphatic rings. The number of allylic oxidation sites excluding steroid dienone is 2. The van der Waals surface area contributed by atoms with Gasteiger partial charge in [0.25, 0.3) is 0 Å². The van der Waals surface area contributed by atoms with Crippen molar-refractivity contribution in [1.82, 2.24) is 30.5 Å². The SMILES string of the molecule is Cc1c(-c2cc[n+](C/C=C/C3=C(C(=O)O)N4C(=O)C[C@H]4SC3)cc2)c[nH]c1-c1nn[nH]n1. The first-order valence-corrected chi connectivity index (χ1v) is 11.1. The van der Waals surface area contributed by atoms with Gasteiger partial charge in [0.1, 0.15) is 5.70 Å². The molecule has 3 aromatic rings. The third-order valence-electron chi connectivity index (χ3n) is 5.63. The van der Waals surface area contributed by atoms with Crippen molar-refractivity contribution in [2.24, 2.45) is 0 Å². The van der Waals surface area contributed by atoms with E-state index in [-0.39, 0.29) is 17.0 Å². The first-order valence-electron chi connectivity index (χ1n) is 10.0. The third kappa shape index (κ3) is 3.50. The van der Waals surface area contributed by atoms with Gasteiger partial charge in [-0.3, -0.25) is 9.69 Å². The molecule has 1 atom stereocenters. The number of carboxylic acid groups (broad SMARTS) is 1. The van der Waals surface area contributed by atoms with Gasteiger partial charge >= 0.3 is 5.97 Å². The second-order valence-corrected chi connectivity index (χ2v) is 8.70. The van der Waals surface area contributed by atoms with Crippen LogP contribution in [0.4, 0.5) is 0 Å². The maximum Gasteiger partial charge on any atom is 0.352 e. The lowest BCUT2D eigenvalue weighted by molar-refractivity contribution is -0.686. The van der Waals surface area contributed by atoms with Crippen LogP contribution in [0.1, 0.15) is 12.0 Å². The zero-order valence-corrected chi connectivity index (χ0v) is 18.0. The Labute approximate surface area is 187 Å². The molecule has 3 aromatic heterocycles. The highest BCUT2D eigenvalue weighted by Crippen LogP contribution is 2.40. The number of fused-ring (bicyclic) bond motifs is 1. The van der Waals surface area contributed by atoms with Crippen molar-refractivity contribution in [1.29, 1.82) is 0 Å². The van der Waals surface area contributed by atoms with Crippen molar-refractivity contribution in [3.05, 3.63) is 59.7 Å². The first-order chi connectivity index (χ1) is 15.5. The van der Waals surface area contributed by atoms with E-state index >= 15 is 0 Å². The molecular formula is C21H20N7O3S+. The molecule has 3 N–H and O–H groups in total. The quantitative estimate of drug-likeness (QED) is 0.384. The summed E-state index contributed by atoms with van der Waals surface area (Å²) < 4.78 is 2.00. The first kappa shape index (κ1) is 20.2. The molecule has 11 heteroatoms. The summed E-state index contributed by atoms with van der Waals surface area (Å²) in [6.45, 7) is 2.59. The zero-order chi connectivity index (χ0) is 22.2. The number of aromatic amines is 2. The maximum absolute atomic E-state index is 11.8. The van der Waals surface area contributed by atoms with E-state index in [0.717, 1.165) is 22.4 Å². The fourth-order valence-electron chi connectivity index (χ4n) is 3.94. The van der Waals surface area contributed by atoms with Crippen LogP contribution < -0.4 is 4.57 Å². The fourth-order valence-corrected chi connectivity index (χ4v) is 5.17. The lowest BCUT2D eigenvalue weighted by atomic mass is 10.1. The minimum atomic E-state index is -1.05. The standard InChI is InChI=1S/C21H19N7O3S/c1-12-15(10-22-18(12)20-23-25-26-24-20)13-4-7-27(8-5-13)6-2-3-14-11-32-17-9-16(29)28(17)19(14)21(30)31/h2-5,7-8,10,17H,6,9,11H2,1H3,(H2,23,24,25,26,30,31)/p+1/b3-2+/t17-/m1/s1. The summed E-state index contributed by atoms with van der Waals surface area (Å²) in [4.78, 5) is 28.1. The summed E-state index contributed by atoms with van der Waals surface area (Å²) in [6, 6.07) is 4.04. The number of tetrazole rings is 1. The Morgan fingerprint density at radius 2 is 2.22 bits per heavy atom. The van der Waals surface area contributed by atoms with Gasteiger partial charge in [0, 0.05) is 29.6 Å². The van der Waals surface area contributed by atoms with Crippen molar-refractivity contribution in [2.45, 2.75) is 25.3 Å². The number of carbonyl (C=O) groups excluding carboxylic acids is 1. The molecule has 1 amide bonds. The maximum atomic E-state index is 11.8. The third-order valence-corrected chi connectivity index (χ3v) is 6.87. The van der Waals surface area contributed by atoms with Crippen LogP contribution in [-0.2, 0) is 16.1 Å². The average molecular weight is 451 g/mol. The predicted octanol–water partition coefficient (Wildman–Crippen LogP) is 1.66. The topological polar surface area (TPSA) is 132 Å². The van der Waals surface area contributed by atoms with Crippen LogP contribution in [0.5, 0.6) is 0 Å². The molecule has 1 saturated heterocycles. The molecule has 0 aromatic carbocycles. The minimum Gasteiger partial charge on any atom is -0.477 e. The molecule has 0 unspecified atom stereocenters. The van der Waals surface area contributed by atoms with Gasteiger partial charge in [-0.05, 0) is 34.9 Å². The molecule has 5 rings (SSSR count). The van der Waals surface area contributed by atoms with Crippen LogP contribution in [0.15, 0.2) is 54.1 Å². The lowest BCUT2D eigenvalue weighted by Gasteiger charge is -2.43. The number of aliphatic carboxylic acids is 1. The number of carboxylic acids is 1. The predicted molar refractivity (Wildman–Crippen MR) is 116 cm³/mol. The summed E-state index contributed by atoms with van der Waals surface area (Å²) in [7, 11) is 0. The number of β-lactam (4-membered cyclic amide) rings is 1. The molecule has 0 radical (unpaired) electrons. The molecule has 1 fully saturated rings. The minimum absolute atomic E-state index is 0.0369. The van der Waals surface area contributed by atoms with Gasteiger partial charge < -0.3 is 10.1 Å². The molecular weight excluding hydrogens is 430 g/mol. The van der Waals surface area contributed by atoms with Crippen molar-refractivity contribution in [2.75, 3.05) is 5.75 Å². The van der Waals surface area contributed by atoms with Gasteiger partial charge in [-0.15, -0.1) is 22.0 Å². The Hall–Kier alpha value is -3.73. The van der Waals surface area contributed by atoms with Gasteiger partial charge in [-0.1, -0.05) is 6.08 Å². The van der Waals surface area contributed by atoms with Gasteiger partial charge in [0.15, 0.2) is 18.9 Å². The van der Waals surface area contributed by atoms with Crippen molar-refractivity contribution in [3.63, 3.8) is 0 Å². The average Bonchev–Trinajstić information content (AvgIpc) is 3.43. The van der Waals surface area contributed by atoms with Crippen LogP contribution in [0.2, 0.25) is 0 Å². The van der Waals surface area contributed by atoms with Crippen LogP contribution in [0, 0.1) is 6.92 Å². The highest BCUT2D eigenvalue weighted by atomic mass is 32.2. The second-order valence-electron chi connectivity index (χ2n) is 7.54. The Balaban J connectivity index is 1.31. The number of hydrogen-bond acceptors (Lipinski definition) is 6. The largest absolute Gasteiger partial charge is 0.477 e. The highest BCUT2D eigenvalue weighted by molar-refractivity contribution is 8.00. The number of aromatic nitrogens is 6. The number of H-pyrrole nitrogens is 2. The molecule has 0 bridgehead atoms. The number of nitrogens with one attached hydrogen (secondary N) is 2. The summed E-state index contributed by atoms with van der Waals surface area (Å²) in [5.74, 6) is -0.0711. The van der Waals surface area contributed by atoms with Crippen molar-refractivity contribution < 1.29 is 19.3 Å². The highest BCUT2D eigenvalue weighted by Gasteiger charge is 2.44. The molecule has 2 aliphatic heterocycles. The van der Waals surface area contributed by atoms with Gasteiger partial charge in [-0.2, -0.15) is 5.21 Å². The van der Waals surface area contributed by atoms with Gasteiger partial charge in [0.2, 0.25) is 11.7 Å². The zero-order valence-electron chi connectivity index (χ0n) is 17.1. The smallest absolute Gasteiger partial charge is 0.352 e. The molecule has 10 nitrogen and oxygen atoms in total. The molecule has 32 heavy (non-hydrogen) atoms. The van der Waals surface area contributed by atoms with E-state index in [1.807, 2.05) is 54.4 Å². The van der Waals surface area contributed by atoms with Gasteiger partial charge in [-0.25, -0.2) is 9.36 Å². The number of pyridine rings is 1. The van der Waals surface area contributed by atoms with Crippen LogP contribution in [0.25, 0.3) is 22.6 Å². The number of carbonyl (C=O) groups is 2. The summed E-state index contributed by atoms with van der Waals surface area (Å²) in [6.07, 6.45) is 10.0. The Bertz CT molecular complexity index is 1240. The number of thioether (sulfide) groups is 1. The van der Waals surface area contributed by atoms with E-state index in [4.69, 9.17) is 0 Å². The van der Waals surface area contributed by atoms with E-state index in [1.165, 1.54) is 4.90 Å². The van der Waals surface area contributed by atoms with E-state index in [9.17, 15) is 14.7 Å². The number of rotatable bonds is 6. The van der Waals surface area contributed by atoms with Crippen LogP contribution in [0.3, 0.4) is 0 Å². The van der Waals surface area contributed by atoms with E-state index in [0.29, 0.717) is 30.1 Å². The molecule has 5 heterocycles. The van der Waals surface area contributed by atoms with Crippen LogP contribution >= 0.6 is 11.8 Å².